The third kappa shape index (κ3) is 2.96. The maximum atomic E-state index is 12.5. The Labute approximate surface area is 138 Å². The number of rotatable bonds is 3. The van der Waals surface area contributed by atoms with Crippen molar-refractivity contribution in [1.29, 1.82) is 0 Å². The van der Waals surface area contributed by atoms with Crippen LogP contribution < -0.4 is 0 Å². The van der Waals surface area contributed by atoms with Crippen molar-refractivity contribution in [3.05, 3.63) is 46.0 Å². The third-order valence-electron chi connectivity index (χ3n) is 4.00. The summed E-state index contributed by atoms with van der Waals surface area (Å²) in [5, 5.41) is 9.05. The number of halogens is 2. The highest BCUT2D eigenvalue weighted by atomic mass is 35.5. The average Bonchev–Trinajstić information content (AvgIpc) is 2.98. The Balaban J connectivity index is 1.64. The highest BCUT2D eigenvalue weighted by Gasteiger charge is 2.28. The summed E-state index contributed by atoms with van der Waals surface area (Å²) in [7, 11) is 0. The summed E-state index contributed by atoms with van der Waals surface area (Å²) in [6.45, 7) is 3.41. The van der Waals surface area contributed by atoms with Crippen molar-refractivity contribution < 1.29 is 4.79 Å². The molecule has 2 heterocycles. The van der Waals surface area contributed by atoms with Crippen LogP contribution >= 0.6 is 23.2 Å². The largest absolute Gasteiger partial charge is 0.331 e. The molecule has 0 fully saturated rings. The number of hydrogen-bond acceptors (Lipinski definition) is 3. The number of carbonyl (C=O) groups excluding carboxylic acids is 1. The first kappa shape index (κ1) is 15.3. The van der Waals surface area contributed by atoms with Crippen LogP contribution in [-0.2, 0) is 17.8 Å². The van der Waals surface area contributed by atoms with Crippen LogP contribution in [0.15, 0.2) is 24.5 Å². The van der Waals surface area contributed by atoms with Gasteiger partial charge in [-0.1, -0.05) is 29.3 Å². The van der Waals surface area contributed by atoms with Crippen LogP contribution in [0.25, 0.3) is 0 Å². The lowest BCUT2D eigenvalue weighted by molar-refractivity contribution is -0.134. The summed E-state index contributed by atoms with van der Waals surface area (Å²) in [6.07, 6.45) is 2.80. The molecule has 0 saturated heterocycles. The maximum absolute atomic E-state index is 12.5. The van der Waals surface area contributed by atoms with Crippen molar-refractivity contribution in [3.8, 4) is 0 Å². The van der Waals surface area contributed by atoms with Crippen LogP contribution in [0.5, 0.6) is 0 Å². The van der Waals surface area contributed by atoms with Gasteiger partial charge >= 0.3 is 0 Å². The Hall–Kier alpha value is -1.59. The molecule has 1 aliphatic rings. The van der Waals surface area contributed by atoms with E-state index in [4.69, 9.17) is 23.2 Å². The predicted octanol–water partition coefficient (Wildman–Crippen LogP) is 3.12. The Morgan fingerprint density at radius 1 is 1.32 bits per heavy atom. The smallest absolute Gasteiger partial charge is 0.223 e. The fraction of sp³-hybridized carbons (Fsp3) is 0.400. The second-order valence-corrected chi connectivity index (χ2v) is 6.21. The monoisotopic (exact) mass is 338 g/mol. The molecule has 1 unspecified atom stereocenters. The molecule has 0 spiro atoms. The summed E-state index contributed by atoms with van der Waals surface area (Å²) < 4.78 is 1.99. The highest BCUT2D eigenvalue weighted by molar-refractivity contribution is 6.42. The van der Waals surface area contributed by atoms with Gasteiger partial charge in [0, 0.05) is 19.5 Å². The summed E-state index contributed by atoms with van der Waals surface area (Å²) in [5.74, 6) is 0.960. The SMILES string of the molecule is CC1c2nncn2CCN1C(=O)CCc1ccc(Cl)c(Cl)c1. The van der Waals surface area contributed by atoms with Crippen molar-refractivity contribution in [2.24, 2.45) is 0 Å². The number of nitrogens with zero attached hydrogens (tertiary/aromatic N) is 4. The average molecular weight is 339 g/mol. The predicted molar refractivity (Wildman–Crippen MR) is 84.9 cm³/mol. The van der Waals surface area contributed by atoms with Crippen LogP contribution in [0, 0.1) is 0 Å². The molecule has 5 nitrogen and oxygen atoms in total. The van der Waals surface area contributed by atoms with E-state index < -0.39 is 0 Å². The molecule has 0 bridgehead atoms. The molecule has 7 heteroatoms. The van der Waals surface area contributed by atoms with Gasteiger partial charge < -0.3 is 9.47 Å². The second-order valence-electron chi connectivity index (χ2n) is 5.39. The molecule has 22 heavy (non-hydrogen) atoms. The molecule has 3 rings (SSSR count). The lowest BCUT2D eigenvalue weighted by atomic mass is 10.1. The number of hydrogen-bond donors (Lipinski definition) is 0. The summed E-state index contributed by atoms with van der Waals surface area (Å²) in [5.41, 5.74) is 1.01. The van der Waals surface area contributed by atoms with E-state index in [1.807, 2.05) is 28.5 Å². The van der Waals surface area contributed by atoms with E-state index in [2.05, 4.69) is 10.2 Å². The number of aromatic nitrogens is 3. The Bertz CT molecular complexity index is 701. The minimum Gasteiger partial charge on any atom is -0.331 e. The van der Waals surface area contributed by atoms with Gasteiger partial charge in [-0.3, -0.25) is 4.79 Å². The molecule has 116 valence electrons. The molecule has 1 aromatic heterocycles. The lowest BCUT2D eigenvalue weighted by Crippen LogP contribution is -2.41. The zero-order valence-electron chi connectivity index (χ0n) is 12.2. The number of aryl methyl sites for hydroxylation is 1. The molecule has 1 amide bonds. The molecule has 1 aliphatic heterocycles. The maximum Gasteiger partial charge on any atom is 0.223 e. The van der Waals surface area contributed by atoms with Crippen LogP contribution in [0.3, 0.4) is 0 Å². The normalized spacial score (nSPS) is 17.4. The van der Waals surface area contributed by atoms with E-state index in [1.54, 1.807) is 12.4 Å². The molecule has 0 aliphatic carbocycles. The second kappa shape index (κ2) is 6.26. The minimum absolute atomic E-state index is 0.0439. The van der Waals surface area contributed by atoms with Crippen molar-refractivity contribution >= 4 is 29.1 Å². The Morgan fingerprint density at radius 3 is 2.91 bits per heavy atom. The standard InChI is InChI=1S/C15H16Cl2N4O/c1-10-15-19-18-9-20(15)6-7-21(10)14(22)5-3-11-2-4-12(16)13(17)8-11/h2,4,8-10H,3,5-7H2,1H3. The molecule has 0 saturated carbocycles. The van der Waals surface area contributed by atoms with Gasteiger partial charge in [-0.05, 0) is 31.0 Å². The van der Waals surface area contributed by atoms with Gasteiger partial charge in [0.25, 0.3) is 0 Å². The molecular weight excluding hydrogens is 323 g/mol. The van der Waals surface area contributed by atoms with Crippen molar-refractivity contribution in [3.63, 3.8) is 0 Å². The minimum atomic E-state index is -0.0439. The van der Waals surface area contributed by atoms with Gasteiger partial charge in [0.15, 0.2) is 5.82 Å². The van der Waals surface area contributed by atoms with Crippen molar-refractivity contribution in [2.75, 3.05) is 6.54 Å². The Morgan fingerprint density at radius 2 is 2.14 bits per heavy atom. The van der Waals surface area contributed by atoms with Crippen molar-refractivity contribution in [2.45, 2.75) is 32.4 Å². The fourth-order valence-electron chi connectivity index (χ4n) is 2.74. The van der Waals surface area contributed by atoms with Gasteiger partial charge in [0.2, 0.25) is 5.91 Å². The van der Waals surface area contributed by atoms with Gasteiger partial charge in [0.1, 0.15) is 6.33 Å². The van der Waals surface area contributed by atoms with E-state index in [1.165, 1.54) is 0 Å². The number of fused-ring (bicyclic) bond motifs is 1. The van der Waals surface area contributed by atoms with Crippen LogP contribution in [-0.4, -0.2) is 32.1 Å². The molecule has 1 atom stereocenters. The summed E-state index contributed by atoms with van der Waals surface area (Å²) in [4.78, 5) is 14.3. The topological polar surface area (TPSA) is 51.0 Å². The van der Waals surface area contributed by atoms with Crippen LogP contribution in [0.1, 0.15) is 30.8 Å². The van der Waals surface area contributed by atoms with Crippen LogP contribution in [0.2, 0.25) is 10.0 Å². The van der Waals surface area contributed by atoms with Crippen molar-refractivity contribution in [1.82, 2.24) is 19.7 Å². The molecule has 0 radical (unpaired) electrons. The first-order valence-corrected chi connectivity index (χ1v) is 7.93. The van der Waals surface area contributed by atoms with E-state index in [0.717, 1.165) is 17.9 Å². The van der Waals surface area contributed by atoms with E-state index in [-0.39, 0.29) is 11.9 Å². The molecular formula is C15H16Cl2N4O. The van der Waals surface area contributed by atoms with Gasteiger partial charge in [-0.2, -0.15) is 0 Å². The zero-order valence-corrected chi connectivity index (χ0v) is 13.7. The lowest BCUT2D eigenvalue weighted by Gasteiger charge is -2.33. The Kier molecular flexibility index (Phi) is 4.36. The molecule has 0 N–H and O–H groups in total. The summed E-state index contributed by atoms with van der Waals surface area (Å²) in [6, 6.07) is 5.43. The van der Waals surface area contributed by atoms with Gasteiger partial charge in [-0.25, -0.2) is 0 Å². The number of carbonyl (C=O) groups is 1. The fourth-order valence-corrected chi connectivity index (χ4v) is 3.06. The highest BCUT2D eigenvalue weighted by Crippen LogP contribution is 2.25. The summed E-state index contributed by atoms with van der Waals surface area (Å²) >= 11 is 11.9. The number of amides is 1. The number of benzene rings is 1. The third-order valence-corrected chi connectivity index (χ3v) is 4.74. The van der Waals surface area contributed by atoms with E-state index in [9.17, 15) is 4.79 Å². The first-order chi connectivity index (χ1) is 10.6. The van der Waals surface area contributed by atoms with Gasteiger partial charge in [-0.15, -0.1) is 10.2 Å². The quantitative estimate of drug-likeness (QED) is 0.863. The molecule has 2 aromatic rings. The zero-order chi connectivity index (χ0) is 15.7. The van der Waals surface area contributed by atoms with Gasteiger partial charge in [0.05, 0.1) is 16.1 Å². The first-order valence-electron chi connectivity index (χ1n) is 7.17. The van der Waals surface area contributed by atoms with E-state index >= 15 is 0 Å². The van der Waals surface area contributed by atoms with Crippen LogP contribution in [0.4, 0.5) is 0 Å². The van der Waals surface area contributed by atoms with E-state index in [0.29, 0.717) is 29.4 Å². The molecule has 1 aromatic carbocycles.